The van der Waals surface area contributed by atoms with Gasteiger partial charge in [-0.05, 0) is 18.6 Å². The quantitative estimate of drug-likeness (QED) is 0.757. The van der Waals surface area contributed by atoms with Gasteiger partial charge >= 0.3 is 0 Å². The lowest BCUT2D eigenvalue weighted by molar-refractivity contribution is 0.0992. The lowest BCUT2D eigenvalue weighted by Gasteiger charge is -2.02. The second-order valence-electron chi connectivity index (χ2n) is 3.98. The van der Waals surface area contributed by atoms with Gasteiger partial charge in [-0.25, -0.2) is 4.39 Å². The molecule has 0 saturated heterocycles. The fourth-order valence-electron chi connectivity index (χ4n) is 1.56. The SMILES string of the molecule is Cc1ccc(CC(=O)c2cncc(F)c2)cc1. The highest BCUT2D eigenvalue weighted by Gasteiger charge is 2.08. The van der Waals surface area contributed by atoms with Crippen LogP contribution in [-0.4, -0.2) is 10.8 Å². The summed E-state index contributed by atoms with van der Waals surface area (Å²) in [7, 11) is 0. The Labute approximate surface area is 99.1 Å². The third kappa shape index (κ3) is 2.97. The van der Waals surface area contributed by atoms with Gasteiger partial charge in [-0.3, -0.25) is 9.78 Å². The minimum Gasteiger partial charge on any atom is -0.294 e. The molecule has 0 aliphatic heterocycles. The predicted octanol–water partition coefficient (Wildman–Crippen LogP) is 2.95. The van der Waals surface area contributed by atoms with Crippen LogP contribution in [0.15, 0.2) is 42.7 Å². The zero-order chi connectivity index (χ0) is 12.3. The number of aromatic nitrogens is 1. The Morgan fingerprint density at radius 3 is 2.59 bits per heavy atom. The predicted molar refractivity (Wildman–Crippen MR) is 63.4 cm³/mol. The molecular weight excluding hydrogens is 217 g/mol. The Bertz CT molecular complexity index is 534. The number of hydrogen-bond acceptors (Lipinski definition) is 2. The van der Waals surface area contributed by atoms with Gasteiger partial charge in [-0.1, -0.05) is 29.8 Å². The summed E-state index contributed by atoms with van der Waals surface area (Å²) >= 11 is 0. The summed E-state index contributed by atoms with van der Waals surface area (Å²) in [4.78, 5) is 15.5. The average Bonchev–Trinajstić information content (AvgIpc) is 2.32. The van der Waals surface area contributed by atoms with Crippen LogP contribution < -0.4 is 0 Å². The van der Waals surface area contributed by atoms with Crippen molar-refractivity contribution >= 4 is 5.78 Å². The highest BCUT2D eigenvalue weighted by Crippen LogP contribution is 2.09. The molecule has 0 N–H and O–H groups in total. The number of benzene rings is 1. The Morgan fingerprint density at radius 1 is 1.24 bits per heavy atom. The number of halogens is 1. The van der Waals surface area contributed by atoms with E-state index in [1.165, 1.54) is 12.3 Å². The molecular formula is C14H12FNO. The largest absolute Gasteiger partial charge is 0.294 e. The first-order valence-electron chi connectivity index (χ1n) is 5.34. The van der Waals surface area contributed by atoms with E-state index in [4.69, 9.17) is 0 Å². The fourth-order valence-corrected chi connectivity index (χ4v) is 1.56. The Morgan fingerprint density at radius 2 is 1.94 bits per heavy atom. The number of carbonyl (C=O) groups is 1. The van der Waals surface area contributed by atoms with Crippen molar-refractivity contribution in [3.8, 4) is 0 Å². The maximum Gasteiger partial charge on any atom is 0.168 e. The van der Waals surface area contributed by atoms with Crippen molar-refractivity contribution in [1.29, 1.82) is 0 Å². The van der Waals surface area contributed by atoms with Crippen molar-refractivity contribution < 1.29 is 9.18 Å². The highest BCUT2D eigenvalue weighted by atomic mass is 19.1. The number of Topliss-reactive ketones (excluding diaryl/α,β-unsaturated/α-hetero) is 1. The first-order chi connectivity index (χ1) is 8.15. The molecule has 17 heavy (non-hydrogen) atoms. The van der Waals surface area contributed by atoms with Gasteiger partial charge in [-0.15, -0.1) is 0 Å². The van der Waals surface area contributed by atoms with Gasteiger partial charge in [0.25, 0.3) is 0 Å². The Balaban J connectivity index is 2.14. The zero-order valence-electron chi connectivity index (χ0n) is 9.48. The molecule has 0 bridgehead atoms. The Hall–Kier alpha value is -2.03. The van der Waals surface area contributed by atoms with Crippen molar-refractivity contribution in [2.24, 2.45) is 0 Å². The van der Waals surface area contributed by atoms with Crippen molar-refractivity contribution in [2.75, 3.05) is 0 Å². The van der Waals surface area contributed by atoms with Gasteiger partial charge in [-0.2, -0.15) is 0 Å². The van der Waals surface area contributed by atoms with Crippen molar-refractivity contribution in [2.45, 2.75) is 13.3 Å². The molecule has 2 aromatic rings. The molecule has 1 heterocycles. The van der Waals surface area contributed by atoms with Crippen molar-refractivity contribution in [3.63, 3.8) is 0 Å². The van der Waals surface area contributed by atoms with Crippen LogP contribution in [0.5, 0.6) is 0 Å². The molecule has 0 fully saturated rings. The number of hydrogen-bond donors (Lipinski definition) is 0. The van der Waals surface area contributed by atoms with E-state index >= 15 is 0 Å². The van der Waals surface area contributed by atoms with E-state index in [1.807, 2.05) is 31.2 Å². The molecule has 0 aliphatic rings. The summed E-state index contributed by atoms with van der Waals surface area (Å²) in [6, 6.07) is 8.92. The minimum atomic E-state index is -0.486. The number of carbonyl (C=O) groups excluding carboxylic acids is 1. The first-order valence-corrected chi connectivity index (χ1v) is 5.34. The van der Waals surface area contributed by atoms with Crippen LogP contribution in [-0.2, 0) is 6.42 Å². The van der Waals surface area contributed by atoms with Gasteiger partial charge in [0, 0.05) is 18.2 Å². The standard InChI is InChI=1S/C14H12FNO/c1-10-2-4-11(5-3-10)6-14(17)12-7-13(15)9-16-8-12/h2-5,7-9H,6H2,1H3. The van der Waals surface area contributed by atoms with Crippen LogP contribution in [0.1, 0.15) is 21.5 Å². The monoisotopic (exact) mass is 229 g/mol. The van der Waals surface area contributed by atoms with Crippen LogP contribution in [0.3, 0.4) is 0 Å². The van der Waals surface area contributed by atoms with Crippen LogP contribution in [0, 0.1) is 12.7 Å². The molecule has 0 unspecified atom stereocenters. The third-order valence-electron chi connectivity index (χ3n) is 2.51. The topological polar surface area (TPSA) is 30.0 Å². The molecule has 0 aliphatic carbocycles. The average molecular weight is 229 g/mol. The molecule has 3 heteroatoms. The molecule has 0 atom stereocenters. The normalized spacial score (nSPS) is 10.2. The van der Waals surface area contributed by atoms with Crippen LogP contribution >= 0.6 is 0 Å². The van der Waals surface area contributed by atoms with Crippen LogP contribution in [0.4, 0.5) is 4.39 Å². The molecule has 2 rings (SSSR count). The van der Waals surface area contributed by atoms with E-state index in [0.29, 0.717) is 5.56 Å². The number of aryl methyl sites for hydroxylation is 1. The highest BCUT2D eigenvalue weighted by molar-refractivity contribution is 5.97. The lowest BCUT2D eigenvalue weighted by atomic mass is 10.0. The molecule has 0 radical (unpaired) electrons. The van der Waals surface area contributed by atoms with Crippen LogP contribution in [0.2, 0.25) is 0 Å². The van der Waals surface area contributed by atoms with Gasteiger partial charge in [0.15, 0.2) is 5.78 Å². The van der Waals surface area contributed by atoms with E-state index in [9.17, 15) is 9.18 Å². The molecule has 2 nitrogen and oxygen atoms in total. The summed E-state index contributed by atoms with van der Waals surface area (Å²) in [5.41, 5.74) is 2.38. The number of nitrogens with zero attached hydrogens (tertiary/aromatic N) is 1. The summed E-state index contributed by atoms with van der Waals surface area (Å²) in [6.45, 7) is 1.99. The maximum absolute atomic E-state index is 12.9. The van der Waals surface area contributed by atoms with E-state index in [1.54, 1.807) is 0 Å². The van der Waals surface area contributed by atoms with E-state index in [0.717, 1.165) is 17.3 Å². The summed E-state index contributed by atoms with van der Waals surface area (Å²) in [5, 5.41) is 0. The lowest BCUT2D eigenvalue weighted by Crippen LogP contribution is -2.04. The van der Waals surface area contributed by atoms with Gasteiger partial charge < -0.3 is 0 Å². The zero-order valence-corrected chi connectivity index (χ0v) is 9.48. The van der Waals surface area contributed by atoms with Crippen LogP contribution in [0.25, 0.3) is 0 Å². The maximum atomic E-state index is 12.9. The Kier molecular flexibility index (Phi) is 3.28. The third-order valence-corrected chi connectivity index (χ3v) is 2.51. The minimum absolute atomic E-state index is 0.124. The number of pyridine rings is 1. The van der Waals surface area contributed by atoms with Crippen molar-refractivity contribution in [1.82, 2.24) is 4.98 Å². The van der Waals surface area contributed by atoms with Gasteiger partial charge in [0.1, 0.15) is 5.82 Å². The molecule has 0 amide bonds. The molecule has 1 aromatic heterocycles. The number of rotatable bonds is 3. The fraction of sp³-hybridized carbons (Fsp3) is 0.143. The second kappa shape index (κ2) is 4.87. The van der Waals surface area contributed by atoms with Crippen molar-refractivity contribution in [3.05, 3.63) is 65.2 Å². The number of ketones is 1. The molecule has 0 saturated carbocycles. The van der Waals surface area contributed by atoms with E-state index < -0.39 is 5.82 Å². The molecule has 86 valence electrons. The summed E-state index contributed by atoms with van der Waals surface area (Å²) in [5.74, 6) is -0.611. The van der Waals surface area contributed by atoms with E-state index in [-0.39, 0.29) is 12.2 Å². The van der Waals surface area contributed by atoms with Gasteiger partial charge in [0.05, 0.1) is 6.20 Å². The summed E-state index contributed by atoms with van der Waals surface area (Å²) < 4.78 is 12.9. The van der Waals surface area contributed by atoms with E-state index in [2.05, 4.69) is 4.98 Å². The smallest absolute Gasteiger partial charge is 0.168 e. The first kappa shape index (κ1) is 11.5. The second-order valence-corrected chi connectivity index (χ2v) is 3.98. The summed E-state index contributed by atoms with van der Waals surface area (Å²) in [6.07, 6.45) is 2.74. The molecule has 0 spiro atoms. The molecule has 1 aromatic carbocycles. The van der Waals surface area contributed by atoms with Gasteiger partial charge in [0.2, 0.25) is 0 Å².